The fraction of sp³-hybridized carbons (Fsp3) is 0.167. The third-order valence-corrected chi connectivity index (χ3v) is 4.47. The minimum atomic E-state index is -0.383. The lowest BCUT2D eigenvalue weighted by molar-refractivity contribution is -0.120. The summed E-state index contributed by atoms with van der Waals surface area (Å²) >= 11 is 0. The third-order valence-electron chi connectivity index (χ3n) is 4.47. The number of carbonyl (C=O) groups excluding carboxylic acids is 2. The minimum absolute atomic E-state index is 0.143. The molecule has 0 bridgehead atoms. The van der Waals surface area contributed by atoms with Crippen molar-refractivity contribution >= 4 is 11.8 Å². The lowest BCUT2D eigenvalue weighted by Gasteiger charge is -2.10. The molecular weight excluding hydrogens is 399 g/mol. The van der Waals surface area contributed by atoms with Crippen molar-refractivity contribution in [2.45, 2.75) is 13.2 Å². The van der Waals surface area contributed by atoms with Crippen molar-refractivity contribution < 1.29 is 23.5 Å². The molecule has 6 nitrogen and oxygen atoms in total. The highest BCUT2D eigenvalue weighted by atomic mass is 19.1. The van der Waals surface area contributed by atoms with Crippen LogP contribution in [0, 0.1) is 5.82 Å². The second-order valence-electron chi connectivity index (χ2n) is 6.75. The molecule has 3 aromatic carbocycles. The van der Waals surface area contributed by atoms with Gasteiger partial charge in [-0.2, -0.15) is 0 Å². The Balaban J connectivity index is 1.45. The third kappa shape index (κ3) is 6.85. The van der Waals surface area contributed by atoms with Crippen LogP contribution in [0.3, 0.4) is 0 Å². The Bertz CT molecular complexity index is 1020. The Morgan fingerprint density at radius 3 is 2.29 bits per heavy atom. The standard InChI is InChI=1S/C24H23FN2O4/c1-30-21-11-7-17(8-12-21)14-26-23(28)15-27-24(29)19-3-2-4-22(13-19)31-16-18-5-9-20(25)10-6-18/h2-13H,14-16H2,1H3,(H,26,28)(H,27,29). The highest BCUT2D eigenvalue weighted by molar-refractivity contribution is 5.96. The zero-order chi connectivity index (χ0) is 22.1. The maximum Gasteiger partial charge on any atom is 0.251 e. The van der Waals surface area contributed by atoms with E-state index in [9.17, 15) is 14.0 Å². The van der Waals surface area contributed by atoms with Gasteiger partial charge in [0.2, 0.25) is 5.91 Å². The smallest absolute Gasteiger partial charge is 0.251 e. The summed E-state index contributed by atoms with van der Waals surface area (Å²) in [6.45, 7) is 0.459. The van der Waals surface area contributed by atoms with E-state index < -0.39 is 0 Å². The Labute approximate surface area is 180 Å². The molecule has 3 rings (SSSR count). The maximum atomic E-state index is 13.0. The first-order valence-corrected chi connectivity index (χ1v) is 9.68. The van der Waals surface area contributed by atoms with Crippen LogP contribution in [0.25, 0.3) is 0 Å². The van der Waals surface area contributed by atoms with Gasteiger partial charge in [-0.15, -0.1) is 0 Å². The van der Waals surface area contributed by atoms with E-state index in [1.165, 1.54) is 12.1 Å². The number of carbonyl (C=O) groups is 2. The maximum absolute atomic E-state index is 13.0. The Kier molecular flexibility index (Phi) is 7.59. The van der Waals surface area contributed by atoms with Gasteiger partial charge in [0, 0.05) is 12.1 Å². The van der Waals surface area contributed by atoms with E-state index in [1.807, 2.05) is 24.3 Å². The van der Waals surface area contributed by atoms with E-state index in [-0.39, 0.29) is 30.8 Å². The quantitative estimate of drug-likeness (QED) is 0.554. The van der Waals surface area contributed by atoms with Gasteiger partial charge in [-0.25, -0.2) is 4.39 Å². The van der Waals surface area contributed by atoms with Gasteiger partial charge >= 0.3 is 0 Å². The molecule has 0 atom stereocenters. The van der Waals surface area contributed by atoms with Crippen molar-refractivity contribution in [2.75, 3.05) is 13.7 Å². The van der Waals surface area contributed by atoms with Crippen LogP contribution >= 0.6 is 0 Å². The fourth-order valence-electron chi connectivity index (χ4n) is 2.74. The summed E-state index contributed by atoms with van der Waals surface area (Å²) in [6, 6.07) is 20.0. The Morgan fingerprint density at radius 1 is 0.871 bits per heavy atom. The molecule has 0 fully saturated rings. The van der Waals surface area contributed by atoms with Gasteiger partial charge in [0.25, 0.3) is 5.91 Å². The molecule has 0 aliphatic carbocycles. The number of rotatable bonds is 9. The summed E-state index contributed by atoms with van der Waals surface area (Å²) < 4.78 is 23.7. The normalized spacial score (nSPS) is 10.3. The highest BCUT2D eigenvalue weighted by Gasteiger charge is 2.09. The molecule has 0 heterocycles. The topological polar surface area (TPSA) is 76.7 Å². The minimum Gasteiger partial charge on any atom is -0.497 e. The van der Waals surface area contributed by atoms with E-state index in [1.54, 1.807) is 43.5 Å². The largest absolute Gasteiger partial charge is 0.497 e. The summed E-state index contributed by atoms with van der Waals surface area (Å²) in [4.78, 5) is 24.4. The number of halogens is 1. The fourth-order valence-corrected chi connectivity index (χ4v) is 2.74. The van der Waals surface area contributed by atoms with Crippen molar-refractivity contribution in [3.05, 3.63) is 95.3 Å². The predicted octanol–water partition coefficient (Wildman–Crippen LogP) is 3.46. The number of hydrogen-bond donors (Lipinski definition) is 2. The summed E-state index contributed by atoms with van der Waals surface area (Å²) in [5.41, 5.74) is 2.11. The summed E-state index contributed by atoms with van der Waals surface area (Å²) in [6.07, 6.45) is 0. The zero-order valence-corrected chi connectivity index (χ0v) is 17.1. The second kappa shape index (κ2) is 10.8. The van der Waals surface area contributed by atoms with Gasteiger partial charge < -0.3 is 20.1 Å². The predicted molar refractivity (Wildman–Crippen MR) is 114 cm³/mol. The first-order chi connectivity index (χ1) is 15.0. The molecule has 160 valence electrons. The monoisotopic (exact) mass is 422 g/mol. The van der Waals surface area contributed by atoms with Gasteiger partial charge in [0.05, 0.1) is 13.7 Å². The Hall–Kier alpha value is -3.87. The van der Waals surface area contributed by atoms with Crippen molar-refractivity contribution in [1.82, 2.24) is 10.6 Å². The number of methoxy groups -OCH3 is 1. The van der Waals surface area contributed by atoms with Crippen LogP contribution < -0.4 is 20.1 Å². The zero-order valence-electron chi connectivity index (χ0n) is 17.1. The van der Waals surface area contributed by atoms with Gasteiger partial charge in [-0.05, 0) is 53.6 Å². The highest BCUT2D eigenvalue weighted by Crippen LogP contribution is 2.15. The van der Waals surface area contributed by atoms with Crippen molar-refractivity contribution in [1.29, 1.82) is 0 Å². The molecule has 0 aromatic heterocycles. The average Bonchev–Trinajstić information content (AvgIpc) is 2.81. The van der Waals surface area contributed by atoms with Crippen LogP contribution in [0.15, 0.2) is 72.8 Å². The van der Waals surface area contributed by atoms with E-state index in [0.717, 1.165) is 16.9 Å². The Morgan fingerprint density at radius 2 is 1.58 bits per heavy atom. The SMILES string of the molecule is COc1ccc(CNC(=O)CNC(=O)c2cccc(OCc3ccc(F)cc3)c2)cc1. The molecule has 0 saturated carbocycles. The van der Waals surface area contributed by atoms with Gasteiger partial charge in [0.15, 0.2) is 0 Å². The van der Waals surface area contributed by atoms with Crippen LogP contribution in [0.1, 0.15) is 21.5 Å². The molecule has 0 saturated heterocycles. The van der Waals surface area contributed by atoms with Crippen molar-refractivity contribution in [3.8, 4) is 11.5 Å². The van der Waals surface area contributed by atoms with Crippen LogP contribution in [0.5, 0.6) is 11.5 Å². The van der Waals surface area contributed by atoms with Crippen LogP contribution in [0.2, 0.25) is 0 Å². The summed E-state index contributed by atoms with van der Waals surface area (Å²) in [5, 5.41) is 5.34. The van der Waals surface area contributed by atoms with Crippen molar-refractivity contribution in [2.24, 2.45) is 0 Å². The van der Waals surface area contributed by atoms with Gasteiger partial charge in [-0.1, -0.05) is 30.3 Å². The molecule has 2 amide bonds. The molecule has 0 unspecified atom stereocenters. The molecule has 3 aromatic rings. The first kappa shape index (κ1) is 21.8. The molecule has 0 aliphatic rings. The second-order valence-corrected chi connectivity index (χ2v) is 6.75. The lowest BCUT2D eigenvalue weighted by atomic mass is 10.2. The average molecular weight is 422 g/mol. The number of hydrogen-bond acceptors (Lipinski definition) is 4. The lowest BCUT2D eigenvalue weighted by Crippen LogP contribution is -2.36. The molecule has 0 radical (unpaired) electrons. The van der Waals surface area contributed by atoms with E-state index >= 15 is 0 Å². The summed E-state index contributed by atoms with van der Waals surface area (Å²) in [7, 11) is 1.59. The first-order valence-electron chi connectivity index (χ1n) is 9.68. The van der Waals surface area contributed by atoms with Gasteiger partial charge in [-0.3, -0.25) is 9.59 Å². The molecule has 2 N–H and O–H groups in total. The molecular formula is C24H23FN2O4. The molecule has 0 spiro atoms. The van der Waals surface area contributed by atoms with Crippen LogP contribution in [-0.4, -0.2) is 25.5 Å². The number of benzene rings is 3. The van der Waals surface area contributed by atoms with E-state index in [4.69, 9.17) is 9.47 Å². The molecule has 31 heavy (non-hydrogen) atoms. The van der Waals surface area contributed by atoms with E-state index in [0.29, 0.717) is 17.9 Å². The summed E-state index contributed by atoms with van der Waals surface area (Å²) in [5.74, 6) is 0.252. The number of ether oxygens (including phenoxy) is 2. The van der Waals surface area contributed by atoms with Gasteiger partial charge in [0.1, 0.15) is 23.9 Å². The van der Waals surface area contributed by atoms with Crippen LogP contribution in [0.4, 0.5) is 4.39 Å². The number of nitrogens with one attached hydrogen (secondary N) is 2. The van der Waals surface area contributed by atoms with Crippen LogP contribution in [-0.2, 0) is 17.9 Å². The number of amides is 2. The molecule has 0 aliphatic heterocycles. The van der Waals surface area contributed by atoms with Crippen molar-refractivity contribution in [3.63, 3.8) is 0 Å². The molecule has 7 heteroatoms. The van der Waals surface area contributed by atoms with E-state index in [2.05, 4.69) is 10.6 Å².